The molecule has 4 nitrogen and oxygen atoms in total. The molecule has 1 aliphatic rings. The first-order valence-electron chi connectivity index (χ1n) is 11.3. The van der Waals surface area contributed by atoms with E-state index in [1.807, 2.05) is 65.6 Å². The molecule has 5 heteroatoms. The molecule has 0 radical (unpaired) electrons. The highest BCUT2D eigenvalue weighted by atomic mass is 32.2. The molecule has 0 saturated carbocycles. The predicted molar refractivity (Wildman–Crippen MR) is 138 cm³/mol. The Balaban J connectivity index is 1.55. The number of thioether (sulfide) groups is 1. The second-order valence-electron chi connectivity index (χ2n) is 9.35. The summed E-state index contributed by atoms with van der Waals surface area (Å²) in [6, 6.07) is 23.7. The number of hydrogen-bond donors (Lipinski definition) is 1. The molecule has 0 bridgehead atoms. The van der Waals surface area contributed by atoms with Gasteiger partial charge in [-0.3, -0.25) is 14.5 Å². The molecule has 1 unspecified atom stereocenters. The Morgan fingerprint density at radius 2 is 1.73 bits per heavy atom. The predicted octanol–water partition coefficient (Wildman–Crippen LogP) is 6.58. The van der Waals surface area contributed by atoms with Gasteiger partial charge in [0.1, 0.15) is 5.37 Å². The van der Waals surface area contributed by atoms with Crippen LogP contribution < -0.4 is 10.2 Å². The second kappa shape index (κ2) is 9.44. The zero-order valence-corrected chi connectivity index (χ0v) is 20.4. The van der Waals surface area contributed by atoms with Gasteiger partial charge in [-0.2, -0.15) is 0 Å². The molecule has 4 rings (SSSR count). The normalized spacial score (nSPS) is 16.2. The van der Waals surface area contributed by atoms with Crippen molar-refractivity contribution in [3.05, 3.63) is 95.1 Å². The number of carbonyl (C=O) groups excluding carboxylic acids is 2. The maximum absolute atomic E-state index is 12.8. The van der Waals surface area contributed by atoms with Gasteiger partial charge in [0.2, 0.25) is 5.91 Å². The van der Waals surface area contributed by atoms with Gasteiger partial charge in [-0.05, 0) is 64.9 Å². The third-order valence-electron chi connectivity index (χ3n) is 5.93. The first-order chi connectivity index (χ1) is 15.8. The summed E-state index contributed by atoms with van der Waals surface area (Å²) in [6.45, 7) is 8.63. The van der Waals surface area contributed by atoms with Crippen molar-refractivity contribution in [2.45, 2.75) is 44.9 Å². The third kappa shape index (κ3) is 5.14. The van der Waals surface area contributed by atoms with E-state index in [-0.39, 0.29) is 22.6 Å². The number of nitrogens with one attached hydrogen (secondary N) is 1. The lowest BCUT2D eigenvalue weighted by Crippen LogP contribution is -2.28. The highest BCUT2D eigenvalue weighted by Gasteiger charge is 2.34. The molecule has 3 aromatic carbocycles. The van der Waals surface area contributed by atoms with Gasteiger partial charge < -0.3 is 5.32 Å². The van der Waals surface area contributed by atoms with E-state index in [0.29, 0.717) is 11.3 Å². The monoisotopic (exact) mass is 458 g/mol. The van der Waals surface area contributed by atoms with E-state index in [1.165, 1.54) is 11.1 Å². The molecule has 3 aromatic rings. The second-order valence-corrected chi connectivity index (χ2v) is 10.4. The Hall–Kier alpha value is -3.05. The van der Waals surface area contributed by atoms with Gasteiger partial charge in [0, 0.05) is 16.9 Å². The first-order valence-corrected chi connectivity index (χ1v) is 12.4. The van der Waals surface area contributed by atoms with E-state index in [9.17, 15) is 9.59 Å². The van der Waals surface area contributed by atoms with Crippen molar-refractivity contribution in [3.63, 3.8) is 0 Å². The maximum Gasteiger partial charge on any atom is 0.255 e. The van der Waals surface area contributed by atoms with Crippen LogP contribution in [0.5, 0.6) is 0 Å². The third-order valence-corrected chi connectivity index (χ3v) is 7.15. The Morgan fingerprint density at radius 3 is 2.36 bits per heavy atom. The summed E-state index contributed by atoms with van der Waals surface area (Å²) in [4.78, 5) is 27.4. The molecule has 1 N–H and O–H groups in total. The van der Waals surface area contributed by atoms with Gasteiger partial charge in [0.15, 0.2) is 0 Å². The maximum atomic E-state index is 12.8. The van der Waals surface area contributed by atoms with E-state index in [4.69, 9.17) is 0 Å². The highest BCUT2D eigenvalue weighted by molar-refractivity contribution is 8.00. The smallest absolute Gasteiger partial charge is 0.255 e. The molecule has 0 aromatic heterocycles. The molecule has 170 valence electrons. The summed E-state index contributed by atoms with van der Waals surface area (Å²) < 4.78 is 0. The molecule has 33 heavy (non-hydrogen) atoms. The minimum Gasteiger partial charge on any atom is -0.322 e. The molecule has 1 aliphatic heterocycles. The largest absolute Gasteiger partial charge is 0.322 e. The van der Waals surface area contributed by atoms with Crippen LogP contribution in [0.25, 0.3) is 0 Å². The van der Waals surface area contributed by atoms with Crippen molar-refractivity contribution in [3.8, 4) is 0 Å². The molecule has 0 aliphatic carbocycles. The Labute approximate surface area is 200 Å². The first kappa shape index (κ1) is 23.1. The summed E-state index contributed by atoms with van der Waals surface area (Å²) in [5.74, 6) is 0.394. The van der Waals surface area contributed by atoms with Gasteiger partial charge in [-0.25, -0.2) is 0 Å². The SMILES string of the molecule is CCc1ccc(C(=O)Nc2cccc(C3SCC(=O)N3c3ccc(C(C)(C)C)cc3)c2)cc1. The van der Waals surface area contributed by atoms with E-state index < -0.39 is 0 Å². The van der Waals surface area contributed by atoms with Crippen LogP contribution in [0.2, 0.25) is 0 Å². The molecule has 0 spiro atoms. The standard InChI is InChI=1S/C28H30N2O2S/c1-5-19-9-11-20(12-10-19)26(32)29-23-8-6-7-21(17-23)27-30(25(31)18-33-27)24-15-13-22(14-16-24)28(2,3)4/h6-17,27H,5,18H2,1-4H3,(H,29,32). The number of aryl methyl sites for hydroxylation is 1. The molecule has 1 saturated heterocycles. The lowest BCUT2D eigenvalue weighted by molar-refractivity contribution is -0.115. The van der Waals surface area contributed by atoms with Crippen molar-refractivity contribution in [2.75, 3.05) is 16.0 Å². The fourth-order valence-electron chi connectivity index (χ4n) is 3.94. The molecule has 1 heterocycles. The van der Waals surface area contributed by atoms with Crippen LogP contribution in [0.15, 0.2) is 72.8 Å². The number of anilines is 2. The van der Waals surface area contributed by atoms with Crippen LogP contribution in [0.3, 0.4) is 0 Å². The quantitative estimate of drug-likeness (QED) is 0.470. The van der Waals surface area contributed by atoms with E-state index in [0.717, 1.165) is 23.4 Å². The van der Waals surface area contributed by atoms with Crippen LogP contribution >= 0.6 is 11.8 Å². The van der Waals surface area contributed by atoms with E-state index in [1.54, 1.807) is 11.8 Å². The topological polar surface area (TPSA) is 49.4 Å². The van der Waals surface area contributed by atoms with Gasteiger partial charge in [0.25, 0.3) is 5.91 Å². The summed E-state index contributed by atoms with van der Waals surface area (Å²) in [5.41, 5.74) is 5.73. The molecule has 1 fully saturated rings. The minimum atomic E-state index is -0.139. The van der Waals surface area contributed by atoms with Crippen LogP contribution in [0.4, 0.5) is 11.4 Å². The Bertz CT molecular complexity index is 1150. The van der Waals surface area contributed by atoms with Crippen molar-refractivity contribution in [2.24, 2.45) is 0 Å². The fourth-order valence-corrected chi connectivity index (χ4v) is 5.10. The van der Waals surface area contributed by atoms with E-state index >= 15 is 0 Å². The zero-order valence-electron chi connectivity index (χ0n) is 19.6. The molecular weight excluding hydrogens is 428 g/mol. The van der Waals surface area contributed by atoms with Crippen molar-refractivity contribution in [1.82, 2.24) is 0 Å². The average Bonchev–Trinajstić information content (AvgIpc) is 3.20. The van der Waals surface area contributed by atoms with Crippen molar-refractivity contribution >= 4 is 35.0 Å². The summed E-state index contributed by atoms with van der Waals surface area (Å²) in [6.07, 6.45) is 0.942. The molecule has 2 amide bonds. The van der Waals surface area contributed by atoms with Crippen LogP contribution in [0.1, 0.15) is 60.1 Å². The van der Waals surface area contributed by atoms with Gasteiger partial charge in [-0.1, -0.05) is 64.1 Å². The lowest BCUT2D eigenvalue weighted by atomic mass is 9.87. The van der Waals surface area contributed by atoms with Crippen molar-refractivity contribution < 1.29 is 9.59 Å². The molecule has 1 atom stereocenters. The zero-order chi connectivity index (χ0) is 23.6. The highest BCUT2D eigenvalue weighted by Crippen LogP contribution is 2.42. The number of amides is 2. The van der Waals surface area contributed by atoms with Crippen molar-refractivity contribution in [1.29, 1.82) is 0 Å². The fraction of sp³-hybridized carbons (Fsp3) is 0.286. The van der Waals surface area contributed by atoms with Gasteiger partial charge in [-0.15, -0.1) is 11.8 Å². The number of carbonyl (C=O) groups is 2. The Kier molecular flexibility index (Phi) is 6.61. The number of benzene rings is 3. The van der Waals surface area contributed by atoms with E-state index in [2.05, 4.69) is 45.1 Å². The summed E-state index contributed by atoms with van der Waals surface area (Å²) in [7, 11) is 0. The number of rotatable bonds is 5. The summed E-state index contributed by atoms with van der Waals surface area (Å²) >= 11 is 1.61. The average molecular weight is 459 g/mol. The lowest BCUT2D eigenvalue weighted by Gasteiger charge is -2.26. The number of nitrogens with zero attached hydrogens (tertiary/aromatic N) is 1. The van der Waals surface area contributed by atoms with Crippen LogP contribution in [-0.2, 0) is 16.6 Å². The summed E-state index contributed by atoms with van der Waals surface area (Å²) in [5, 5.41) is 2.87. The minimum absolute atomic E-state index is 0.0606. The van der Waals surface area contributed by atoms with Gasteiger partial charge >= 0.3 is 0 Å². The number of hydrogen-bond acceptors (Lipinski definition) is 3. The Morgan fingerprint density at radius 1 is 1.03 bits per heavy atom. The molecular formula is C28H30N2O2S. The van der Waals surface area contributed by atoms with Crippen LogP contribution in [0, 0.1) is 0 Å². The van der Waals surface area contributed by atoms with Gasteiger partial charge in [0.05, 0.1) is 5.75 Å². The van der Waals surface area contributed by atoms with Crippen LogP contribution in [-0.4, -0.2) is 17.6 Å².